The lowest BCUT2D eigenvalue weighted by atomic mass is 10.1. The number of likely N-dealkylation sites (N-methyl/N-ethyl adjacent to an activating group) is 1. The molecule has 7 nitrogen and oxygen atoms in total. The molecule has 2 aliphatic heterocycles. The smallest absolute Gasteiger partial charge is 0.238 e. The highest BCUT2D eigenvalue weighted by Crippen LogP contribution is 2.32. The van der Waals surface area contributed by atoms with E-state index in [1.54, 1.807) is 12.4 Å². The molecule has 4 rings (SSSR count). The van der Waals surface area contributed by atoms with Crippen LogP contribution < -0.4 is 4.90 Å². The number of H-pyrrole nitrogens is 1. The van der Waals surface area contributed by atoms with Crippen molar-refractivity contribution in [2.45, 2.75) is 0 Å². The van der Waals surface area contributed by atoms with Crippen LogP contribution in [0, 0.1) is 0 Å². The van der Waals surface area contributed by atoms with Gasteiger partial charge in [-0.3, -0.25) is 0 Å². The lowest BCUT2D eigenvalue weighted by Crippen LogP contribution is -2.44. The molecular formula is C16H20Cl2N6O. The SMILES string of the molecule is CN1CCN(c2nc(O)c(C=C3C=Nc4ncccc43)[nH]2)CC1.Cl.Cl. The number of hydrogen-bond acceptors (Lipinski definition) is 6. The first-order chi connectivity index (χ1) is 11.2. The number of aromatic amines is 1. The second kappa shape index (κ2) is 7.86. The first-order valence-corrected chi connectivity index (χ1v) is 7.64. The van der Waals surface area contributed by atoms with Gasteiger partial charge in [-0.25, -0.2) is 9.98 Å². The summed E-state index contributed by atoms with van der Waals surface area (Å²) in [7, 11) is 2.11. The second-order valence-electron chi connectivity index (χ2n) is 5.82. The molecule has 2 aliphatic rings. The molecular weight excluding hydrogens is 363 g/mol. The fraction of sp³-hybridized carbons (Fsp3) is 0.312. The molecule has 4 heterocycles. The van der Waals surface area contributed by atoms with Gasteiger partial charge in [0, 0.05) is 49.7 Å². The molecule has 134 valence electrons. The number of aliphatic imine (C=N–C) groups is 1. The predicted octanol–water partition coefficient (Wildman–Crippen LogP) is 2.36. The highest BCUT2D eigenvalue weighted by molar-refractivity contribution is 6.20. The molecule has 0 aliphatic carbocycles. The highest BCUT2D eigenvalue weighted by atomic mass is 35.5. The second-order valence-corrected chi connectivity index (χ2v) is 5.82. The number of nitrogens with one attached hydrogen (secondary N) is 1. The first-order valence-electron chi connectivity index (χ1n) is 7.64. The Morgan fingerprint density at radius 3 is 2.72 bits per heavy atom. The summed E-state index contributed by atoms with van der Waals surface area (Å²) in [4.78, 5) is 20.4. The minimum Gasteiger partial charge on any atom is -0.492 e. The fourth-order valence-electron chi connectivity index (χ4n) is 2.83. The number of pyridine rings is 1. The van der Waals surface area contributed by atoms with Gasteiger partial charge in [-0.2, -0.15) is 4.98 Å². The molecule has 0 spiro atoms. The summed E-state index contributed by atoms with van der Waals surface area (Å²) in [5.41, 5.74) is 2.47. The monoisotopic (exact) mass is 382 g/mol. The third-order valence-electron chi connectivity index (χ3n) is 4.23. The van der Waals surface area contributed by atoms with Crippen molar-refractivity contribution in [1.82, 2.24) is 19.9 Å². The van der Waals surface area contributed by atoms with Crippen molar-refractivity contribution in [2.75, 3.05) is 38.1 Å². The standard InChI is InChI=1S/C16H18N6O.2ClH/c1-21-5-7-22(8-6-21)16-19-13(15(23)20-16)9-11-10-18-14-12(11)3-2-4-17-14;;/h2-4,9-10,23H,5-8H2,1H3,(H,19,20);2*1H. The van der Waals surface area contributed by atoms with Crippen LogP contribution in [0.25, 0.3) is 11.6 Å². The van der Waals surface area contributed by atoms with E-state index in [-0.39, 0.29) is 30.7 Å². The maximum Gasteiger partial charge on any atom is 0.238 e. The number of rotatable bonds is 2. The van der Waals surface area contributed by atoms with Crippen molar-refractivity contribution in [2.24, 2.45) is 4.99 Å². The zero-order chi connectivity index (χ0) is 15.8. The summed E-state index contributed by atoms with van der Waals surface area (Å²) >= 11 is 0. The molecule has 0 unspecified atom stereocenters. The van der Waals surface area contributed by atoms with E-state index in [1.165, 1.54) is 0 Å². The average Bonchev–Trinajstić information content (AvgIpc) is 3.13. The quantitative estimate of drug-likeness (QED) is 0.832. The van der Waals surface area contributed by atoms with Crippen LogP contribution >= 0.6 is 24.8 Å². The molecule has 0 bridgehead atoms. The Morgan fingerprint density at radius 2 is 1.96 bits per heavy atom. The maximum atomic E-state index is 10.1. The summed E-state index contributed by atoms with van der Waals surface area (Å²) in [5, 5.41) is 10.1. The van der Waals surface area contributed by atoms with Crippen LogP contribution in [0.2, 0.25) is 0 Å². The lowest BCUT2D eigenvalue weighted by Gasteiger charge is -2.31. The largest absolute Gasteiger partial charge is 0.492 e. The first kappa shape index (κ1) is 19.2. The Labute approximate surface area is 158 Å². The van der Waals surface area contributed by atoms with Gasteiger partial charge in [-0.15, -0.1) is 24.8 Å². The number of piperazine rings is 1. The molecule has 25 heavy (non-hydrogen) atoms. The Hall–Kier alpha value is -2.09. The van der Waals surface area contributed by atoms with Crippen molar-refractivity contribution in [3.63, 3.8) is 0 Å². The minimum atomic E-state index is 0. The zero-order valence-electron chi connectivity index (χ0n) is 13.7. The van der Waals surface area contributed by atoms with Gasteiger partial charge in [0.2, 0.25) is 11.8 Å². The van der Waals surface area contributed by atoms with Crippen LogP contribution in [0.5, 0.6) is 5.88 Å². The van der Waals surface area contributed by atoms with Crippen molar-refractivity contribution in [3.8, 4) is 5.88 Å². The van der Waals surface area contributed by atoms with E-state index in [0.29, 0.717) is 17.5 Å². The zero-order valence-corrected chi connectivity index (χ0v) is 15.3. The number of aromatic hydroxyl groups is 1. The Balaban J connectivity index is 0.00000113. The number of imidazole rings is 1. The fourth-order valence-corrected chi connectivity index (χ4v) is 2.83. The van der Waals surface area contributed by atoms with Crippen LogP contribution in [0.3, 0.4) is 0 Å². The molecule has 0 atom stereocenters. The third-order valence-corrected chi connectivity index (χ3v) is 4.23. The van der Waals surface area contributed by atoms with Crippen LogP contribution in [0.1, 0.15) is 11.3 Å². The van der Waals surface area contributed by atoms with Gasteiger partial charge in [-0.05, 0) is 25.3 Å². The topological polar surface area (TPSA) is 80.6 Å². The Morgan fingerprint density at radius 1 is 1.20 bits per heavy atom. The van der Waals surface area contributed by atoms with Gasteiger partial charge in [0.05, 0.1) is 0 Å². The Bertz CT molecular complexity index is 796. The van der Waals surface area contributed by atoms with Crippen molar-refractivity contribution in [1.29, 1.82) is 0 Å². The van der Waals surface area contributed by atoms with Gasteiger partial charge >= 0.3 is 0 Å². The summed E-state index contributed by atoms with van der Waals surface area (Å²) in [6.45, 7) is 3.77. The third kappa shape index (κ3) is 3.78. The lowest BCUT2D eigenvalue weighted by molar-refractivity contribution is 0.311. The van der Waals surface area contributed by atoms with E-state index in [4.69, 9.17) is 0 Å². The van der Waals surface area contributed by atoms with E-state index in [0.717, 1.165) is 37.3 Å². The van der Waals surface area contributed by atoms with E-state index < -0.39 is 0 Å². The van der Waals surface area contributed by atoms with Crippen LogP contribution in [0.4, 0.5) is 11.8 Å². The summed E-state index contributed by atoms with van der Waals surface area (Å²) < 4.78 is 0. The molecule has 2 aromatic rings. The van der Waals surface area contributed by atoms with Crippen LogP contribution in [-0.4, -0.2) is 64.4 Å². The normalized spacial score (nSPS) is 18.0. The van der Waals surface area contributed by atoms with Gasteiger partial charge in [0.1, 0.15) is 5.69 Å². The Kier molecular flexibility index (Phi) is 6.05. The number of anilines is 1. The molecule has 0 amide bonds. The summed E-state index contributed by atoms with van der Waals surface area (Å²) in [6, 6.07) is 3.85. The van der Waals surface area contributed by atoms with Gasteiger partial charge in [-0.1, -0.05) is 0 Å². The molecule has 2 aromatic heterocycles. The number of halogens is 2. The average molecular weight is 383 g/mol. The summed E-state index contributed by atoms with van der Waals surface area (Å²) in [5.74, 6) is 1.43. The van der Waals surface area contributed by atoms with E-state index >= 15 is 0 Å². The highest BCUT2D eigenvalue weighted by Gasteiger charge is 2.20. The number of nitrogens with zero attached hydrogens (tertiary/aromatic N) is 5. The number of hydrogen-bond donors (Lipinski definition) is 2. The van der Waals surface area contributed by atoms with Gasteiger partial charge in [0.25, 0.3) is 0 Å². The summed E-state index contributed by atoms with van der Waals surface area (Å²) in [6.07, 6.45) is 5.34. The van der Waals surface area contributed by atoms with E-state index in [1.807, 2.05) is 18.2 Å². The van der Waals surface area contributed by atoms with Crippen molar-refractivity contribution in [3.05, 3.63) is 29.6 Å². The van der Waals surface area contributed by atoms with Crippen molar-refractivity contribution >= 4 is 54.4 Å². The van der Waals surface area contributed by atoms with E-state index in [2.05, 4.69) is 36.8 Å². The molecule has 1 saturated heterocycles. The molecule has 1 fully saturated rings. The molecule has 0 saturated carbocycles. The maximum absolute atomic E-state index is 10.1. The van der Waals surface area contributed by atoms with Crippen LogP contribution in [-0.2, 0) is 0 Å². The molecule has 0 aromatic carbocycles. The molecule has 0 radical (unpaired) electrons. The number of allylic oxidation sites excluding steroid dienone is 1. The predicted molar refractivity (Wildman–Crippen MR) is 105 cm³/mol. The molecule has 2 N–H and O–H groups in total. The number of fused-ring (bicyclic) bond motifs is 1. The van der Waals surface area contributed by atoms with Gasteiger partial charge < -0.3 is 19.9 Å². The van der Waals surface area contributed by atoms with Crippen molar-refractivity contribution < 1.29 is 5.11 Å². The van der Waals surface area contributed by atoms with E-state index in [9.17, 15) is 5.11 Å². The minimum absolute atomic E-state index is 0. The molecule has 9 heteroatoms. The number of aromatic nitrogens is 3. The van der Waals surface area contributed by atoms with Crippen LogP contribution in [0.15, 0.2) is 23.3 Å². The van der Waals surface area contributed by atoms with Gasteiger partial charge in [0.15, 0.2) is 5.82 Å².